The van der Waals surface area contributed by atoms with Gasteiger partial charge in [-0.15, -0.1) is 0 Å². The Morgan fingerprint density at radius 2 is 2.00 bits per heavy atom. The van der Waals surface area contributed by atoms with Crippen molar-refractivity contribution >= 4 is 0 Å². The van der Waals surface area contributed by atoms with E-state index in [4.69, 9.17) is 14.6 Å². The molecule has 4 nitrogen and oxygen atoms in total. The van der Waals surface area contributed by atoms with Gasteiger partial charge in [0.2, 0.25) is 0 Å². The number of aliphatic hydroxyl groups is 1. The Kier molecular flexibility index (Phi) is 8.79. The maximum absolute atomic E-state index is 12.5. The average Bonchev–Trinajstić information content (AvgIpc) is 2.22. The molecule has 0 radical (unpaired) electrons. The second kappa shape index (κ2) is 8.96. The van der Waals surface area contributed by atoms with Crippen LogP contribution in [0.3, 0.4) is 0 Å². The summed E-state index contributed by atoms with van der Waals surface area (Å²) in [6.07, 6.45) is 0.658. The lowest BCUT2D eigenvalue weighted by molar-refractivity contribution is -0.0477. The van der Waals surface area contributed by atoms with E-state index >= 15 is 0 Å². The Balaban J connectivity index is 3.11. The number of methoxy groups -OCH3 is 1. The van der Waals surface area contributed by atoms with Crippen LogP contribution in [0.1, 0.15) is 6.42 Å². The molecule has 0 aromatic carbocycles. The van der Waals surface area contributed by atoms with Crippen LogP contribution < -0.4 is 5.32 Å². The molecule has 0 spiro atoms. The van der Waals surface area contributed by atoms with Crippen LogP contribution in [0.5, 0.6) is 0 Å². The molecule has 0 aromatic heterocycles. The number of ether oxygens (including phenoxy) is 2. The minimum Gasteiger partial charge on any atom is -0.390 e. The molecule has 0 aliphatic heterocycles. The van der Waals surface area contributed by atoms with Gasteiger partial charge in [-0.05, 0) is 13.0 Å². The SMILES string of the molecule is COCCOCCCNCC(F)(F)CO. The normalized spacial score (nSPS) is 12.0. The van der Waals surface area contributed by atoms with Gasteiger partial charge in [0, 0.05) is 13.7 Å². The largest absolute Gasteiger partial charge is 0.390 e. The number of rotatable bonds is 10. The number of hydrogen-bond acceptors (Lipinski definition) is 4. The zero-order valence-corrected chi connectivity index (χ0v) is 8.97. The molecule has 0 saturated heterocycles. The van der Waals surface area contributed by atoms with E-state index in [1.165, 1.54) is 0 Å². The fourth-order valence-corrected chi connectivity index (χ4v) is 0.871. The predicted octanol–water partition coefficient (Wildman–Crippen LogP) is 0.257. The van der Waals surface area contributed by atoms with Crippen molar-refractivity contribution in [3.05, 3.63) is 0 Å². The summed E-state index contributed by atoms with van der Waals surface area (Å²) in [6, 6.07) is 0. The van der Waals surface area contributed by atoms with Crippen molar-refractivity contribution in [2.45, 2.75) is 12.3 Å². The Bertz CT molecular complexity index is 147. The molecule has 0 bridgehead atoms. The minimum absolute atomic E-state index is 0.447. The molecule has 0 saturated carbocycles. The van der Waals surface area contributed by atoms with Gasteiger partial charge in [-0.3, -0.25) is 0 Å². The van der Waals surface area contributed by atoms with Crippen LogP contribution >= 0.6 is 0 Å². The van der Waals surface area contributed by atoms with Crippen LogP contribution in [0, 0.1) is 0 Å². The number of alkyl halides is 2. The van der Waals surface area contributed by atoms with Crippen LogP contribution in [-0.2, 0) is 9.47 Å². The van der Waals surface area contributed by atoms with Crippen LogP contribution in [0.4, 0.5) is 8.78 Å². The van der Waals surface area contributed by atoms with Crippen LogP contribution in [0.15, 0.2) is 0 Å². The van der Waals surface area contributed by atoms with Gasteiger partial charge in [0.15, 0.2) is 0 Å². The van der Waals surface area contributed by atoms with E-state index in [0.717, 1.165) is 0 Å². The molecule has 15 heavy (non-hydrogen) atoms. The molecule has 0 heterocycles. The summed E-state index contributed by atoms with van der Waals surface area (Å²) in [4.78, 5) is 0. The summed E-state index contributed by atoms with van der Waals surface area (Å²) in [7, 11) is 1.59. The molecule has 6 heteroatoms. The Labute approximate surface area is 88.6 Å². The Hall–Kier alpha value is -0.300. The first-order chi connectivity index (χ1) is 7.12. The Morgan fingerprint density at radius 1 is 1.27 bits per heavy atom. The van der Waals surface area contributed by atoms with Gasteiger partial charge in [-0.1, -0.05) is 0 Å². The van der Waals surface area contributed by atoms with E-state index in [9.17, 15) is 8.78 Å². The van der Waals surface area contributed by atoms with E-state index in [-0.39, 0.29) is 0 Å². The quantitative estimate of drug-likeness (QED) is 0.525. The summed E-state index contributed by atoms with van der Waals surface area (Å²) in [5, 5.41) is 10.8. The third-order valence-corrected chi connectivity index (χ3v) is 1.69. The topological polar surface area (TPSA) is 50.7 Å². The third kappa shape index (κ3) is 9.99. The molecule has 0 aliphatic carbocycles. The summed E-state index contributed by atoms with van der Waals surface area (Å²) >= 11 is 0. The van der Waals surface area contributed by atoms with Crippen LogP contribution in [0.2, 0.25) is 0 Å². The van der Waals surface area contributed by atoms with Crippen LogP contribution in [0.25, 0.3) is 0 Å². The predicted molar refractivity (Wildman–Crippen MR) is 52.2 cm³/mol. The summed E-state index contributed by atoms with van der Waals surface area (Å²) in [6.45, 7) is 0.398. The van der Waals surface area contributed by atoms with E-state index in [0.29, 0.717) is 32.8 Å². The lowest BCUT2D eigenvalue weighted by Gasteiger charge is -2.13. The van der Waals surface area contributed by atoms with Gasteiger partial charge in [0.1, 0.15) is 6.61 Å². The summed E-state index contributed by atoms with van der Waals surface area (Å²) in [5.41, 5.74) is 0. The van der Waals surface area contributed by atoms with E-state index < -0.39 is 19.1 Å². The molecule has 92 valence electrons. The fraction of sp³-hybridized carbons (Fsp3) is 1.00. The highest BCUT2D eigenvalue weighted by Crippen LogP contribution is 2.09. The molecule has 2 N–H and O–H groups in total. The highest BCUT2D eigenvalue weighted by molar-refractivity contribution is 4.67. The number of hydrogen-bond donors (Lipinski definition) is 2. The number of aliphatic hydroxyl groups excluding tert-OH is 1. The van der Waals surface area contributed by atoms with Gasteiger partial charge in [0.05, 0.1) is 19.8 Å². The van der Waals surface area contributed by atoms with Crippen molar-refractivity contribution in [1.29, 1.82) is 0 Å². The first-order valence-electron chi connectivity index (χ1n) is 4.88. The van der Waals surface area contributed by atoms with Crippen molar-refractivity contribution in [1.82, 2.24) is 5.32 Å². The molecule has 0 aromatic rings. The summed E-state index contributed by atoms with van der Waals surface area (Å²) < 4.78 is 34.8. The third-order valence-electron chi connectivity index (χ3n) is 1.69. The second-order valence-electron chi connectivity index (χ2n) is 3.15. The van der Waals surface area contributed by atoms with Gasteiger partial charge < -0.3 is 19.9 Å². The highest BCUT2D eigenvalue weighted by Gasteiger charge is 2.26. The van der Waals surface area contributed by atoms with Gasteiger partial charge in [-0.2, -0.15) is 0 Å². The Morgan fingerprint density at radius 3 is 2.60 bits per heavy atom. The standard InChI is InChI=1S/C9H19F2NO3/c1-14-5-6-15-4-2-3-12-7-9(10,11)8-13/h12-13H,2-8H2,1H3. The molecular formula is C9H19F2NO3. The van der Waals surface area contributed by atoms with Crippen LogP contribution in [-0.4, -0.2) is 57.7 Å². The molecule has 0 amide bonds. The van der Waals surface area contributed by atoms with Crippen molar-refractivity contribution < 1.29 is 23.4 Å². The van der Waals surface area contributed by atoms with Gasteiger partial charge in [-0.25, -0.2) is 8.78 Å². The first-order valence-corrected chi connectivity index (χ1v) is 4.88. The zero-order valence-electron chi connectivity index (χ0n) is 8.97. The fourth-order valence-electron chi connectivity index (χ4n) is 0.871. The molecular weight excluding hydrogens is 208 g/mol. The number of halogens is 2. The molecule has 0 fully saturated rings. The van der Waals surface area contributed by atoms with Crippen molar-refractivity contribution in [3.8, 4) is 0 Å². The molecule has 0 aliphatic rings. The highest BCUT2D eigenvalue weighted by atomic mass is 19.3. The van der Waals surface area contributed by atoms with Crippen molar-refractivity contribution in [3.63, 3.8) is 0 Å². The smallest absolute Gasteiger partial charge is 0.282 e. The van der Waals surface area contributed by atoms with Crippen molar-refractivity contribution in [2.75, 3.05) is 46.6 Å². The maximum atomic E-state index is 12.5. The maximum Gasteiger partial charge on any atom is 0.282 e. The molecule has 0 unspecified atom stereocenters. The van der Waals surface area contributed by atoms with E-state index in [1.54, 1.807) is 7.11 Å². The zero-order chi connectivity index (χ0) is 11.6. The minimum atomic E-state index is -3.03. The average molecular weight is 227 g/mol. The van der Waals surface area contributed by atoms with Gasteiger partial charge in [0.25, 0.3) is 5.92 Å². The molecule has 0 atom stereocenters. The summed E-state index contributed by atoms with van der Waals surface area (Å²) in [5.74, 6) is -3.03. The second-order valence-corrected chi connectivity index (χ2v) is 3.15. The van der Waals surface area contributed by atoms with Gasteiger partial charge >= 0.3 is 0 Å². The van der Waals surface area contributed by atoms with E-state index in [1.807, 2.05) is 0 Å². The molecule has 0 rings (SSSR count). The van der Waals surface area contributed by atoms with E-state index in [2.05, 4.69) is 5.32 Å². The first kappa shape index (κ1) is 14.7. The lowest BCUT2D eigenvalue weighted by Crippen LogP contribution is -2.36. The monoisotopic (exact) mass is 227 g/mol. The lowest BCUT2D eigenvalue weighted by atomic mass is 10.3. The number of nitrogens with one attached hydrogen (secondary N) is 1. The van der Waals surface area contributed by atoms with Crippen molar-refractivity contribution in [2.24, 2.45) is 0 Å².